The molecule has 5 aromatic heterocycles. The van der Waals surface area contributed by atoms with Crippen LogP contribution in [0.2, 0.25) is 0 Å². The standard InChI is InChI=1S/C26H20N8/c1-16(10-17-6-3-2-4-7-17)30-19-11-18(13-27-14-19)22-12-20-23(15-29-22)33-34-24(20)26-31-21-8-5-9-28-25(21)32-26/h2-9,11-15,30H,1,10H2,(H,33,34)(H,28,31,32). The average molecular weight is 445 g/mol. The maximum absolute atomic E-state index is 4.61. The quantitative estimate of drug-likeness (QED) is 0.329. The predicted octanol–water partition coefficient (Wildman–Crippen LogP) is 5.13. The highest BCUT2D eigenvalue weighted by Crippen LogP contribution is 2.29. The number of nitrogens with zero attached hydrogens (tertiary/aromatic N) is 5. The van der Waals surface area contributed by atoms with Gasteiger partial charge >= 0.3 is 0 Å². The molecular formula is C26H20N8. The summed E-state index contributed by atoms with van der Waals surface area (Å²) in [5.74, 6) is 0.655. The van der Waals surface area contributed by atoms with Gasteiger partial charge in [-0.1, -0.05) is 36.9 Å². The van der Waals surface area contributed by atoms with Gasteiger partial charge in [0.25, 0.3) is 0 Å². The van der Waals surface area contributed by atoms with E-state index in [1.165, 1.54) is 5.56 Å². The van der Waals surface area contributed by atoms with Gasteiger partial charge in [-0.3, -0.25) is 15.1 Å². The molecule has 0 saturated carbocycles. The van der Waals surface area contributed by atoms with Gasteiger partial charge < -0.3 is 10.3 Å². The number of fused-ring (bicyclic) bond motifs is 2. The molecule has 3 N–H and O–H groups in total. The topological polar surface area (TPSA) is 108 Å². The molecule has 0 fully saturated rings. The zero-order valence-corrected chi connectivity index (χ0v) is 18.2. The van der Waals surface area contributed by atoms with E-state index < -0.39 is 0 Å². The number of nitrogens with one attached hydrogen (secondary N) is 3. The molecule has 0 spiro atoms. The van der Waals surface area contributed by atoms with Crippen molar-refractivity contribution in [3.8, 4) is 22.8 Å². The van der Waals surface area contributed by atoms with Crippen molar-refractivity contribution in [3.05, 3.63) is 97.2 Å². The van der Waals surface area contributed by atoms with Crippen molar-refractivity contribution in [2.75, 3.05) is 5.32 Å². The number of rotatable bonds is 6. The second-order valence-corrected chi connectivity index (χ2v) is 8.00. The smallest absolute Gasteiger partial charge is 0.178 e. The summed E-state index contributed by atoms with van der Waals surface area (Å²) in [5, 5.41) is 11.8. The predicted molar refractivity (Wildman–Crippen MR) is 133 cm³/mol. The van der Waals surface area contributed by atoms with E-state index in [2.05, 4.69) is 59.1 Å². The SMILES string of the molecule is C=C(Cc1ccccc1)Nc1cncc(-c2cc3c(-c4nc5ncccc5[nH]4)n[nH]c3cn2)c1. The Morgan fingerprint density at radius 1 is 0.941 bits per heavy atom. The monoisotopic (exact) mass is 444 g/mol. The van der Waals surface area contributed by atoms with Gasteiger partial charge in [0.15, 0.2) is 11.5 Å². The number of aromatic nitrogens is 7. The molecular weight excluding hydrogens is 424 g/mol. The van der Waals surface area contributed by atoms with Crippen LogP contribution in [-0.2, 0) is 6.42 Å². The van der Waals surface area contributed by atoms with Gasteiger partial charge in [0.2, 0.25) is 0 Å². The highest BCUT2D eigenvalue weighted by atomic mass is 15.1. The lowest BCUT2D eigenvalue weighted by molar-refractivity contribution is 1.10. The van der Waals surface area contributed by atoms with Crippen LogP contribution in [0, 0.1) is 0 Å². The summed E-state index contributed by atoms with van der Waals surface area (Å²) < 4.78 is 0. The Balaban J connectivity index is 1.30. The Bertz CT molecular complexity index is 1600. The number of hydrogen-bond donors (Lipinski definition) is 3. The maximum atomic E-state index is 4.61. The molecule has 0 saturated heterocycles. The molecule has 0 radical (unpaired) electrons. The first-order chi connectivity index (χ1) is 16.7. The van der Waals surface area contributed by atoms with Crippen LogP contribution in [0.5, 0.6) is 0 Å². The Morgan fingerprint density at radius 2 is 1.85 bits per heavy atom. The van der Waals surface area contributed by atoms with Crippen molar-refractivity contribution < 1.29 is 0 Å². The van der Waals surface area contributed by atoms with Crippen LogP contribution in [0.25, 0.3) is 44.8 Å². The number of pyridine rings is 3. The van der Waals surface area contributed by atoms with Crippen LogP contribution in [-0.4, -0.2) is 35.1 Å². The van der Waals surface area contributed by atoms with Gasteiger partial charge in [-0.2, -0.15) is 5.10 Å². The van der Waals surface area contributed by atoms with Gasteiger partial charge in [-0.05, 0) is 29.8 Å². The van der Waals surface area contributed by atoms with Crippen molar-refractivity contribution in [3.63, 3.8) is 0 Å². The van der Waals surface area contributed by atoms with E-state index in [1.54, 1.807) is 24.8 Å². The average Bonchev–Trinajstić information content (AvgIpc) is 3.48. The summed E-state index contributed by atoms with van der Waals surface area (Å²) in [6.45, 7) is 4.16. The molecule has 0 amide bonds. The van der Waals surface area contributed by atoms with Crippen molar-refractivity contribution in [1.29, 1.82) is 0 Å². The van der Waals surface area contributed by atoms with E-state index in [0.29, 0.717) is 11.5 Å². The maximum Gasteiger partial charge on any atom is 0.178 e. The van der Waals surface area contributed by atoms with E-state index in [9.17, 15) is 0 Å². The Labute approximate surface area is 194 Å². The fraction of sp³-hybridized carbons (Fsp3) is 0.0385. The van der Waals surface area contributed by atoms with E-state index in [0.717, 1.165) is 51.2 Å². The Hall–Kier alpha value is -4.85. The van der Waals surface area contributed by atoms with Crippen LogP contribution in [0.15, 0.2) is 91.7 Å². The fourth-order valence-corrected chi connectivity index (χ4v) is 3.95. The normalized spacial score (nSPS) is 11.2. The summed E-state index contributed by atoms with van der Waals surface area (Å²) >= 11 is 0. The molecule has 34 heavy (non-hydrogen) atoms. The molecule has 0 atom stereocenters. The largest absolute Gasteiger partial charge is 0.358 e. The highest BCUT2D eigenvalue weighted by molar-refractivity contribution is 5.94. The Morgan fingerprint density at radius 3 is 2.74 bits per heavy atom. The minimum absolute atomic E-state index is 0.654. The third kappa shape index (κ3) is 3.77. The molecule has 8 heteroatoms. The summed E-state index contributed by atoms with van der Waals surface area (Å²) in [6.07, 6.45) is 7.81. The lowest BCUT2D eigenvalue weighted by atomic mass is 10.1. The van der Waals surface area contributed by atoms with Crippen LogP contribution in [0.4, 0.5) is 5.69 Å². The van der Waals surface area contributed by atoms with E-state index in [4.69, 9.17) is 0 Å². The van der Waals surface area contributed by atoms with Crippen molar-refractivity contribution in [2.24, 2.45) is 0 Å². The van der Waals surface area contributed by atoms with Crippen LogP contribution in [0.1, 0.15) is 5.56 Å². The van der Waals surface area contributed by atoms with Crippen LogP contribution in [0.3, 0.4) is 0 Å². The van der Waals surface area contributed by atoms with E-state index >= 15 is 0 Å². The van der Waals surface area contributed by atoms with Gasteiger partial charge in [0.05, 0.1) is 34.8 Å². The number of aromatic amines is 2. The summed E-state index contributed by atoms with van der Waals surface area (Å²) in [5.41, 5.74) is 7.68. The van der Waals surface area contributed by atoms with Crippen LogP contribution < -0.4 is 5.32 Å². The number of imidazole rings is 1. The number of anilines is 1. The molecule has 6 rings (SSSR count). The third-order valence-corrected chi connectivity index (χ3v) is 5.54. The first-order valence-electron chi connectivity index (χ1n) is 10.8. The number of H-pyrrole nitrogens is 2. The first-order valence-corrected chi connectivity index (χ1v) is 10.8. The molecule has 5 heterocycles. The van der Waals surface area contributed by atoms with Gasteiger partial charge in [-0.25, -0.2) is 9.97 Å². The Kier molecular flexibility index (Phi) is 4.81. The lowest BCUT2D eigenvalue weighted by Gasteiger charge is -2.11. The molecule has 0 unspecified atom stereocenters. The van der Waals surface area contributed by atoms with E-state index in [1.807, 2.05) is 42.5 Å². The second-order valence-electron chi connectivity index (χ2n) is 8.00. The van der Waals surface area contributed by atoms with Gasteiger partial charge in [0.1, 0.15) is 5.69 Å². The third-order valence-electron chi connectivity index (χ3n) is 5.54. The van der Waals surface area contributed by atoms with Crippen molar-refractivity contribution in [2.45, 2.75) is 6.42 Å². The van der Waals surface area contributed by atoms with Gasteiger partial charge in [-0.15, -0.1) is 0 Å². The molecule has 164 valence electrons. The molecule has 1 aromatic carbocycles. The van der Waals surface area contributed by atoms with Crippen molar-refractivity contribution >= 4 is 27.8 Å². The minimum Gasteiger partial charge on any atom is -0.358 e. The lowest BCUT2D eigenvalue weighted by Crippen LogP contribution is -2.02. The first kappa shape index (κ1) is 19.8. The molecule has 0 aliphatic rings. The van der Waals surface area contributed by atoms with Crippen molar-refractivity contribution in [1.82, 2.24) is 35.1 Å². The fourth-order valence-electron chi connectivity index (χ4n) is 3.95. The number of hydrogen-bond acceptors (Lipinski definition) is 6. The summed E-state index contributed by atoms with van der Waals surface area (Å²) in [7, 11) is 0. The zero-order chi connectivity index (χ0) is 22.9. The summed E-state index contributed by atoms with van der Waals surface area (Å²) in [4.78, 5) is 21.2. The molecule has 8 nitrogen and oxygen atoms in total. The van der Waals surface area contributed by atoms with Crippen LogP contribution >= 0.6 is 0 Å². The number of benzene rings is 1. The minimum atomic E-state index is 0.654. The zero-order valence-electron chi connectivity index (χ0n) is 18.2. The summed E-state index contributed by atoms with van der Waals surface area (Å²) in [6, 6.07) is 18.1. The molecule has 0 aliphatic carbocycles. The van der Waals surface area contributed by atoms with Gasteiger partial charge in [0, 0.05) is 35.5 Å². The van der Waals surface area contributed by atoms with E-state index in [-0.39, 0.29) is 0 Å². The highest BCUT2D eigenvalue weighted by Gasteiger charge is 2.15. The molecule has 6 aromatic rings. The second kappa shape index (κ2) is 8.25. The number of allylic oxidation sites excluding steroid dienone is 1. The molecule has 0 aliphatic heterocycles. The molecule has 0 bridgehead atoms.